The van der Waals surface area contributed by atoms with Crippen molar-refractivity contribution >= 4 is 33.9 Å². The summed E-state index contributed by atoms with van der Waals surface area (Å²) in [4.78, 5) is 31.0. The van der Waals surface area contributed by atoms with Crippen molar-refractivity contribution in [3.8, 4) is 0 Å². The standard InChI is InChI=1S/C21H15FN2O3S/c1-12-2-4-14(5-3-12)18(25)16-17(13-6-8-15(22)9-7-13)24(20(27)19(16)26)21-23-10-11-28-21/h2-11,17,25H,1H3/t17-/m1/s1. The van der Waals surface area contributed by atoms with Crippen molar-refractivity contribution in [1.29, 1.82) is 0 Å². The van der Waals surface area contributed by atoms with Crippen LogP contribution in [0.25, 0.3) is 5.76 Å². The minimum atomic E-state index is -0.895. The molecule has 2 aromatic carbocycles. The number of anilines is 1. The Labute approximate surface area is 164 Å². The van der Waals surface area contributed by atoms with Crippen LogP contribution in [-0.4, -0.2) is 21.8 Å². The van der Waals surface area contributed by atoms with Crippen molar-refractivity contribution in [2.75, 3.05) is 4.90 Å². The van der Waals surface area contributed by atoms with Gasteiger partial charge in [0.05, 0.1) is 11.6 Å². The number of aromatic nitrogens is 1. The van der Waals surface area contributed by atoms with Crippen molar-refractivity contribution in [2.45, 2.75) is 13.0 Å². The first kappa shape index (κ1) is 18.1. The van der Waals surface area contributed by atoms with Crippen LogP contribution in [0.2, 0.25) is 0 Å². The van der Waals surface area contributed by atoms with Crippen molar-refractivity contribution in [2.24, 2.45) is 0 Å². The second-order valence-corrected chi connectivity index (χ2v) is 7.27. The maximum atomic E-state index is 13.4. The Bertz CT molecular complexity index is 1070. The average molecular weight is 394 g/mol. The minimum Gasteiger partial charge on any atom is -0.507 e. The molecule has 28 heavy (non-hydrogen) atoms. The summed E-state index contributed by atoms with van der Waals surface area (Å²) < 4.78 is 13.4. The maximum Gasteiger partial charge on any atom is 0.301 e. The van der Waals surface area contributed by atoms with E-state index >= 15 is 0 Å². The molecule has 0 aliphatic carbocycles. The van der Waals surface area contributed by atoms with E-state index in [0.717, 1.165) is 5.56 Å². The van der Waals surface area contributed by atoms with Crippen LogP contribution in [0.1, 0.15) is 22.7 Å². The van der Waals surface area contributed by atoms with Gasteiger partial charge in [-0.15, -0.1) is 11.3 Å². The molecule has 1 fully saturated rings. The molecule has 1 saturated heterocycles. The van der Waals surface area contributed by atoms with E-state index in [1.807, 2.05) is 6.92 Å². The van der Waals surface area contributed by atoms with Crippen LogP contribution < -0.4 is 4.90 Å². The van der Waals surface area contributed by atoms with Gasteiger partial charge in [0.1, 0.15) is 11.6 Å². The number of carbonyl (C=O) groups is 2. The third kappa shape index (κ3) is 2.99. The highest BCUT2D eigenvalue weighted by Gasteiger charge is 2.47. The summed E-state index contributed by atoms with van der Waals surface area (Å²) in [6.07, 6.45) is 1.53. The number of aliphatic hydroxyl groups excluding tert-OH is 1. The smallest absolute Gasteiger partial charge is 0.301 e. The van der Waals surface area contributed by atoms with E-state index in [9.17, 15) is 19.1 Å². The molecule has 0 saturated carbocycles. The first-order chi connectivity index (χ1) is 13.5. The van der Waals surface area contributed by atoms with Gasteiger partial charge in [0.2, 0.25) is 0 Å². The molecule has 4 rings (SSSR count). The first-order valence-corrected chi connectivity index (χ1v) is 9.38. The number of halogens is 1. The number of hydrogen-bond donors (Lipinski definition) is 1. The molecule has 1 N–H and O–H groups in total. The van der Waals surface area contributed by atoms with Crippen LogP contribution in [0.5, 0.6) is 0 Å². The second kappa shape index (κ2) is 7.01. The van der Waals surface area contributed by atoms with Crippen LogP contribution in [0.15, 0.2) is 65.7 Å². The Morgan fingerprint density at radius 3 is 2.39 bits per heavy atom. The highest BCUT2D eigenvalue weighted by Crippen LogP contribution is 2.42. The van der Waals surface area contributed by atoms with Gasteiger partial charge in [0.15, 0.2) is 5.13 Å². The molecule has 0 unspecified atom stereocenters. The number of thiazole rings is 1. The summed E-state index contributed by atoms with van der Waals surface area (Å²) in [5.74, 6) is -2.29. The quantitative estimate of drug-likeness (QED) is 0.410. The molecule has 1 aliphatic heterocycles. The van der Waals surface area contributed by atoms with E-state index in [1.165, 1.54) is 46.7 Å². The highest BCUT2D eigenvalue weighted by molar-refractivity contribution is 7.14. The monoisotopic (exact) mass is 394 g/mol. The van der Waals surface area contributed by atoms with E-state index < -0.39 is 23.5 Å². The number of ketones is 1. The Balaban J connectivity index is 1.93. The van der Waals surface area contributed by atoms with Gasteiger partial charge in [-0.25, -0.2) is 9.37 Å². The van der Waals surface area contributed by atoms with Gasteiger partial charge >= 0.3 is 5.91 Å². The van der Waals surface area contributed by atoms with Gasteiger partial charge in [-0.3, -0.25) is 14.5 Å². The molecular weight excluding hydrogens is 379 g/mol. The highest BCUT2D eigenvalue weighted by atomic mass is 32.1. The second-order valence-electron chi connectivity index (χ2n) is 6.40. The summed E-state index contributed by atoms with van der Waals surface area (Å²) in [5.41, 5.74) is 1.88. The maximum absolute atomic E-state index is 13.4. The lowest BCUT2D eigenvalue weighted by molar-refractivity contribution is -0.132. The van der Waals surface area contributed by atoms with Crippen LogP contribution in [0.4, 0.5) is 9.52 Å². The number of hydrogen-bond acceptors (Lipinski definition) is 5. The van der Waals surface area contributed by atoms with Gasteiger partial charge in [-0.05, 0) is 24.6 Å². The fraction of sp³-hybridized carbons (Fsp3) is 0.0952. The van der Waals surface area contributed by atoms with Crippen molar-refractivity contribution in [3.05, 3.63) is 88.2 Å². The molecule has 3 aromatic rings. The molecule has 2 heterocycles. The van der Waals surface area contributed by atoms with Crippen LogP contribution in [-0.2, 0) is 9.59 Å². The summed E-state index contributed by atoms with van der Waals surface area (Å²) in [6, 6.07) is 11.6. The molecule has 7 heteroatoms. The lowest BCUT2D eigenvalue weighted by Gasteiger charge is -2.22. The molecule has 0 bridgehead atoms. The number of carbonyl (C=O) groups excluding carboxylic acids is 2. The van der Waals surface area contributed by atoms with Crippen LogP contribution in [0.3, 0.4) is 0 Å². The number of rotatable bonds is 3. The minimum absolute atomic E-state index is 0.0457. The Morgan fingerprint density at radius 1 is 1.11 bits per heavy atom. The zero-order valence-electron chi connectivity index (χ0n) is 14.8. The lowest BCUT2D eigenvalue weighted by atomic mass is 9.95. The normalized spacial score (nSPS) is 18.6. The third-order valence-electron chi connectivity index (χ3n) is 4.58. The van der Waals surface area contributed by atoms with Crippen LogP contribution >= 0.6 is 11.3 Å². The van der Waals surface area contributed by atoms with Crippen molar-refractivity contribution in [3.63, 3.8) is 0 Å². The molecule has 0 spiro atoms. The Morgan fingerprint density at radius 2 is 1.79 bits per heavy atom. The number of amides is 1. The predicted octanol–water partition coefficient (Wildman–Crippen LogP) is 4.22. The first-order valence-electron chi connectivity index (χ1n) is 8.50. The summed E-state index contributed by atoms with van der Waals surface area (Å²) in [5, 5.41) is 12.9. The molecule has 1 atom stereocenters. The van der Waals surface area contributed by atoms with Gasteiger partial charge in [0.25, 0.3) is 5.78 Å². The van der Waals surface area contributed by atoms with Gasteiger partial charge in [0, 0.05) is 17.1 Å². The third-order valence-corrected chi connectivity index (χ3v) is 5.35. The predicted molar refractivity (Wildman–Crippen MR) is 104 cm³/mol. The molecule has 1 aliphatic rings. The molecule has 1 aromatic heterocycles. The van der Waals surface area contributed by atoms with Crippen molar-refractivity contribution in [1.82, 2.24) is 4.98 Å². The number of Topliss-reactive ketones (excluding diaryl/α,β-unsaturated/α-hetero) is 1. The van der Waals surface area contributed by atoms with Gasteiger partial charge in [-0.1, -0.05) is 42.0 Å². The van der Waals surface area contributed by atoms with E-state index in [2.05, 4.69) is 4.98 Å². The molecule has 5 nitrogen and oxygen atoms in total. The average Bonchev–Trinajstić information content (AvgIpc) is 3.30. The zero-order valence-corrected chi connectivity index (χ0v) is 15.6. The SMILES string of the molecule is Cc1ccc(C(O)=C2C(=O)C(=O)N(c3nccs3)[C@@H]2c2ccc(F)cc2)cc1. The lowest BCUT2D eigenvalue weighted by Crippen LogP contribution is -2.29. The Hall–Kier alpha value is -3.32. The number of nitrogens with zero attached hydrogens (tertiary/aromatic N) is 2. The topological polar surface area (TPSA) is 70.5 Å². The van der Waals surface area contributed by atoms with Crippen LogP contribution in [0, 0.1) is 12.7 Å². The molecule has 0 radical (unpaired) electrons. The number of aliphatic hydroxyl groups is 1. The number of benzene rings is 2. The summed E-state index contributed by atoms with van der Waals surface area (Å²) in [7, 11) is 0. The molecular formula is C21H15FN2O3S. The summed E-state index contributed by atoms with van der Waals surface area (Å²) in [6.45, 7) is 1.91. The number of aryl methyl sites for hydroxylation is 1. The largest absolute Gasteiger partial charge is 0.507 e. The Kier molecular flexibility index (Phi) is 4.52. The van der Waals surface area contributed by atoms with E-state index in [-0.39, 0.29) is 11.3 Å². The molecule has 1 amide bonds. The summed E-state index contributed by atoms with van der Waals surface area (Å²) >= 11 is 1.20. The van der Waals surface area contributed by atoms with E-state index in [1.54, 1.807) is 29.6 Å². The van der Waals surface area contributed by atoms with Gasteiger partial charge in [-0.2, -0.15) is 0 Å². The van der Waals surface area contributed by atoms with E-state index in [0.29, 0.717) is 16.3 Å². The van der Waals surface area contributed by atoms with Crippen molar-refractivity contribution < 1.29 is 19.1 Å². The fourth-order valence-electron chi connectivity index (χ4n) is 3.19. The fourth-order valence-corrected chi connectivity index (χ4v) is 3.86. The molecule has 140 valence electrons. The van der Waals surface area contributed by atoms with E-state index in [4.69, 9.17) is 0 Å². The zero-order chi connectivity index (χ0) is 19.8. The van der Waals surface area contributed by atoms with Gasteiger partial charge < -0.3 is 5.11 Å².